The van der Waals surface area contributed by atoms with Crippen molar-refractivity contribution in [2.24, 2.45) is 5.92 Å². The lowest BCUT2D eigenvalue weighted by atomic mass is 9.97. The van der Waals surface area contributed by atoms with E-state index in [4.69, 9.17) is 14.6 Å². The smallest absolute Gasteiger partial charge is 0.320 e. The topological polar surface area (TPSA) is 72.8 Å². The van der Waals surface area contributed by atoms with Gasteiger partial charge >= 0.3 is 11.9 Å². The Balaban J connectivity index is 2.49. The summed E-state index contributed by atoms with van der Waals surface area (Å²) in [6.07, 6.45) is 2.95. The molecule has 1 rings (SSSR count). The Hall–Kier alpha value is -1.10. The third kappa shape index (κ3) is 3.81. The predicted octanol–water partition coefficient (Wildman–Crippen LogP) is 1.21. The Labute approximate surface area is 94.7 Å². The van der Waals surface area contributed by atoms with Crippen LogP contribution in [0.4, 0.5) is 0 Å². The van der Waals surface area contributed by atoms with E-state index < -0.39 is 17.9 Å². The number of carbonyl (C=O) groups is 2. The van der Waals surface area contributed by atoms with Crippen LogP contribution in [0, 0.1) is 5.92 Å². The summed E-state index contributed by atoms with van der Waals surface area (Å²) < 4.78 is 10.1. The van der Waals surface area contributed by atoms with Crippen LogP contribution in [0.25, 0.3) is 0 Å². The summed E-state index contributed by atoms with van der Waals surface area (Å²) >= 11 is 0. The Kier molecular flexibility index (Phi) is 5.25. The Bertz CT molecular complexity index is 245. The highest BCUT2D eigenvalue weighted by Gasteiger charge is 2.31. The molecule has 0 saturated carbocycles. The van der Waals surface area contributed by atoms with Crippen molar-refractivity contribution in [1.82, 2.24) is 0 Å². The number of rotatable bonds is 5. The minimum Gasteiger partial charge on any atom is -0.481 e. The molecule has 0 aromatic heterocycles. The van der Waals surface area contributed by atoms with Crippen molar-refractivity contribution in [3.63, 3.8) is 0 Å². The molecule has 0 aromatic carbocycles. The third-order valence-corrected chi connectivity index (χ3v) is 2.64. The Morgan fingerprint density at radius 3 is 2.75 bits per heavy atom. The molecule has 0 spiro atoms. The number of carboxylic acid groups (broad SMARTS) is 1. The zero-order chi connectivity index (χ0) is 12.0. The average Bonchev–Trinajstić information content (AvgIpc) is 2.27. The second-order valence-electron chi connectivity index (χ2n) is 3.87. The van der Waals surface area contributed by atoms with Gasteiger partial charge < -0.3 is 14.6 Å². The molecule has 2 unspecified atom stereocenters. The minimum absolute atomic E-state index is 0.126. The molecular weight excluding hydrogens is 212 g/mol. The van der Waals surface area contributed by atoms with Crippen LogP contribution in [-0.4, -0.2) is 36.4 Å². The lowest BCUT2D eigenvalue weighted by molar-refractivity contribution is -0.160. The highest BCUT2D eigenvalue weighted by Crippen LogP contribution is 2.20. The zero-order valence-electron chi connectivity index (χ0n) is 9.48. The van der Waals surface area contributed by atoms with Crippen LogP contribution in [0.15, 0.2) is 0 Å². The molecule has 92 valence electrons. The van der Waals surface area contributed by atoms with Crippen molar-refractivity contribution in [2.45, 2.75) is 38.7 Å². The monoisotopic (exact) mass is 230 g/mol. The van der Waals surface area contributed by atoms with Crippen LogP contribution in [-0.2, 0) is 19.1 Å². The second kappa shape index (κ2) is 6.48. The maximum atomic E-state index is 11.4. The van der Waals surface area contributed by atoms with Crippen LogP contribution >= 0.6 is 0 Å². The summed E-state index contributed by atoms with van der Waals surface area (Å²) in [4.78, 5) is 22.3. The first-order chi connectivity index (χ1) is 7.65. The van der Waals surface area contributed by atoms with Gasteiger partial charge in [-0.1, -0.05) is 0 Å². The van der Waals surface area contributed by atoms with Crippen LogP contribution in [0.1, 0.15) is 32.6 Å². The van der Waals surface area contributed by atoms with E-state index in [1.54, 1.807) is 6.92 Å². The van der Waals surface area contributed by atoms with E-state index in [2.05, 4.69) is 0 Å². The van der Waals surface area contributed by atoms with Gasteiger partial charge in [0.2, 0.25) is 0 Å². The van der Waals surface area contributed by atoms with E-state index in [1.807, 2.05) is 0 Å². The van der Waals surface area contributed by atoms with Crippen LogP contribution in [0.2, 0.25) is 0 Å². The van der Waals surface area contributed by atoms with Crippen LogP contribution in [0.3, 0.4) is 0 Å². The SMILES string of the molecule is CCOC(=O)C(CC1CCCCO1)C(=O)O. The van der Waals surface area contributed by atoms with Gasteiger partial charge in [0, 0.05) is 6.61 Å². The molecule has 1 aliphatic rings. The minimum atomic E-state index is -1.13. The van der Waals surface area contributed by atoms with Crippen LogP contribution in [0.5, 0.6) is 0 Å². The van der Waals surface area contributed by atoms with Gasteiger partial charge in [0.15, 0.2) is 5.92 Å². The molecule has 2 atom stereocenters. The van der Waals surface area contributed by atoms with E-state index in [0.29, 0.717) is 6.61 Å². The summed E-state index contributed by atoms with van der Waals surface area (Å²) in [5.74, 6) is -2.89. The summed E-state index contributed by atoms with van der Waals surface area (Å²) in [5, 5.41) is 8.94. The number of esters is 1. The maximum absolute atomic E-state index is 11.4. The quantitative estimate of drug-likeness (QED) is 0.567. The Morgan fingerprint density at radius 2 is 2.25 bits per heavy atom. The number of carbonyl (C=O) groups excluding carboxylic acids is 1. The fourth-order valence-corrected chi connectivity index (χ4v) is 1.80. The van der Waals surface area contributed by atoms with Gasteiger partial charge in [-0.15, -0.1) is 0 Å². The molecular formula is C11H18O5. The fraction of sp³-hybridized carbons (Fsp3) is 0.818. The highest BCUT2D eigenvalue weighted by atomic mass is 16.5. The van der Waals surface area contributed by atoms with E-state index in [9.17, 15) is 9.59 Å². The van der Waals surface area contributed by atoms with Crippen LogP contribution < -0.4 is 0 Å². The molecule has 1 aliphatic heterocycles. The molecule has 5 nitrogen and oxygen atoms in total. The van der Waals surface area contributed by atoms with E-state index >= 15 is 0 Å². The van der Waals surface area contributed by atoms with Crippen molar-refractivity contribution in [3.05, 3.63) is 0 Å². The van der Waals surface area contributed by atoms with E-state index in [0.717, 1.165) is 19.3 Å². The first-order valence-electron chi connectivity index (χ1n) is 5.66. The highest BCUT2D eigenvalue weighted by molar-refractivity contribution is 5.93. The van der Waals surface area contributed by atoms with Crippen molar-refractivity contribution < 1.29 is 24.2 Å². The van der Waals surface area contributed by atoms with Gasteiger partial charge in [0.25, 0.3) is 0 Å². The predicted molar refractivity (Wildman–Crippen MR) is 56.0 cm³/mol. The number of ether oxygens (including phenoxy) is 2. The second-order valence-corrected chi connectivity index (χ2v) is 3.87. The third-order valence-electron chi connectivity index (χ3n) is 2.64. The van der Waals surface area contributed by atoms with Gasteiger partial charge in [0.1, 0.15) is 0 Å². The number of hydrogen-bond acceptors (Lipinski definition) is 4. The van der Waals surface area contributed by atoms with Gasteiger partial charge in [0.05, 0.1) is 12.7 Å². The molecule has 1 saturated heterocycles. The molecule has 1 N–H and O–H groups in total. The van der Waals surface area contributed by atoms with Crippen molar-refractivity contribution >= 4 is 11.9 Å². The molecule has 0 aromatic rings. The molecule has 16 heavy (non-hydrogen) atoms. The normalized spacial score (nSPS) is 22.4. The van der Waals surface area contributed by atoms with Crippen molar-refractivity contribution in [1.29, 1.82) is 0 Å². The first kappa shape index (κ1) is 13.0. The van der Waals surface area contributed by atoms with Gasteiger partial charge in [-0.25, -0.2) is 0 Å². The number of aliphatic carboxylic acids is 1. The summed E-state index contributed by atoms with van der Waals surface area (Å²) in [6, 6.07) is 0. The maximum Gasteiger partial charge on any atom is 0.320 e. The first-order valence-corrected chi connectivity index (χ1v) is 5.66. The standard InChI is InChI=1S/C11H18O5/c1-2-15-11(14)9(10(12)13)7-8-5-3-4-6-16-8/h8-9H,2-7H2,1H3,(H,12,13). The molecule has 1 fully saturated rings. The van der Waals surface area contributed by atoms with E-state index in [1.165, 1.54) is 0 Å². The molecule has 0 aliphatic carbocycles. The van der Waals surface area contributed by atoms with Gasteiger partial charge in [-0.3, -0.25) is 9.59 Å². The molecule has 0 bridgehead atoms. The fourth-order valence-electron chi connectivity index (χ4n) is 1.80. The van der Waals surface area contributed by atoms with Crippen molar-refractivity contribution in [3.8, 4) is 0 Å². The van der Waals surface area contributed by atoms with E-state index in [-0.39, 0.29) is 19.1 Å². The lowest BCUT2D eigenvalue weighted by Gasteiger charge is -2.24. The van der Waals surface area contributed by atoms with Gasteiger partial charge in [-0.05, 0) is 32.6 Å². The zero-order valence-corrected chi connectivity index (χ0v) is 9.48. The molecule has 0 amide bonds. The average molecular weight is 230 g/mol. The summed E-state index contributed by atoms with van der Waals surface area (Å²) in [5.41, 5.74) is 0. The molecule has 0 radical (unpaired) electrons. The largest absolute Gasteiger partial charge is 0.481 e. The summed E-state index contributed by atoms with van der Waals surface area (Å²) in [7, 11) is 0. The molecule has 5 heteroatoms. The van der Waals surface area contributed by atoms with Gasteiger partial charge in [-0.2, -0.15) is 0 Å². The number of hydrogen-bond donors (Lipinski definition) is 1. The lowest BCUT2D eigenvalue weighted by Crippen LogP contribution is -2.32. The summed E-state index contributed by atoms with van der Waals surface area (Å²) in [6.45, 7) is 2.52. The Morgan fingerprint density at radius 1 is 1.50 bits per heavy atom. The van der Waals surface area contributed by atoms with Crippen molar-refractivity contribution in [2.75, 3.05) is 13.2 Å². The number of carboxylic acids is 1. The molecule has 1 heterocycles.